The van der Waals surface area contributed by atoms with Crippen molar-refractivity contribution < 1.29 is 10.2 Å². The lowest BCUT2D eigenvalue weighted by Crippen LogP contribution is -2.37. The Bertz CT molecular complexity index is 104. The largest absolute Gasteiger partial charge is 0.393 e. The first-order valence-corrected chi connectivity index (χ1v) is 3.83. The molecule has 1 aliphatic carbocycles. The Labute approximate surface area is 61.9 Å². The molecule has 0 bridgehead atoms. The molecule has 0 spiro atoms. The highest BCUT2D eigenvalue weighted by atomic mass is 16.3. The van der Waals surface area contributed by atoms with Crippen LogP contribution >= 0.6 is 0 Å². The zero-order valence-electron chi connectivity index (χ0n) is 6.21. The fourth-order valence-corrected chi connectivity index (χ4v) is 1.37. The van der Waals surface area contributed by atoms with Gasteiger partial charge >= 0.3 is 0 Å². The molecule has 0 heterocycles. The van der Waals surface area contributed by atoms with E-state index in [0.717, 1.165) is 12.8 Å². The summed E-state index contributed by atoms with van der Waals surface area (Å²) < 4.78 is 0. The predicted octanol–water partition coefficient (Wildman–Crippen LogP) is 0.734. The summed E-state index contributed by atoms with van der Waals surface area (Å²) in [5.74, 6) is 0.479. The third-order valence-corrected chi connectivity index (χ3v) is 2.33. The molecule has 59 valence electrons. The van der Waals surface area contributed by atoms with E-state index >= 15 is 0 Å². The first-order valence-electron chi connectivity index (χ1n) is 3.83. The van der Waals surface area contributed by atoms with Crippen molar-refractivity contribution in [2.24, 2.45) is 5.92 Å². The molecule has 1 fully saturated rings. The van der Waals surface area contributed by atoms with E-state index in [1.54, 1.807) is 0 Å². The summed E-state index contributed by atoms with van der Waals surface area (Å²) in [5.41, 5.74) is -0.784. The van der Waals surface area contributed by atoms with Crippen LogP contribution in [0.1, 0.15) is 25.7 Å². The minimum absolute atomic E-state index is 0.0975. The van der Waals surface area contributed by atoms with E-state index in [1.807, 2.05) is 0 Å². The molecule has 1 aliphatic rings. The molecule has 2 N–H and O–H groups in total. The van der Waals surface area contributed by atoms with Crippen LogP contribution in [0, 0.1) is 12.8 Å². The van der Waals surface area contributed by atoms with Crippen molar-refractivity contribution in [2.75, 3.05) is 6.61 Å². The molecule has 1 rings (SSSR count). The van der Waals surface area contributed by atoms with E-state index in [0.29, 0.717) is 18.8 Å². The van der Waals surface area contributed by atoms with Crippen LogP contribution in [-0.4, -0.2) is 22.4 Å². The van der Waals surface area contributed by atoms with Crippen LogP contribution in [0.15, 0.2) is 0 Å². The Morgan fingerprint density at radius 3 is 2.30 bits per heavy atom. The SMILES string of the molecule is [CH2][C@H]1CC[C@](O)(CO)CC1. The highest BCUT2D eigenvalue weighted by molar-refractivity contribution is 4.85. The minimum Gasteiger partial charge on any atom is -0.393 e. The van der Waals surface area contributed by atoms with Crippen molar-refractivity contribution in [3.63, 3.8) is 0 Å². The van der Waals surface area contributed by atoms with Crippen LogP contribution < -0.4 is 0 Å². The maximum Gasteiger partial charge on any atom is 0.0877 e. The van der Waals surface area contributed by atoms with E-state index < -0.39 is 5.60 Å². The summed E-state index contributed by atoms with van der Waals surface area (Å²) in [5, 5.41) is 18.3. The Kier molecular flexibility index (Phi) is 2.32. The average molecular weight is 143 g/mol. The zero-order valence-corrected chi connectivity index (χ0v) is 6.21. The van der Waals surface area contributed by atoms with Gasteiger partial charge < -0.3 is 10.2 Å². The van der Waals surface area contributed by atoms with Crippen molar-refractivity contribution in [1.29, 1.82) is 0 Å². The van der Waals surface area contributed by atoms with E-state index in [-0.39, 0.29) is 6.61 Å². The highest BCUT2D eigenvalue weighted by Gasteiger charge is 2.30. The Morgan fingerprint density at radius 2 is 1.90 bits per heavy atom. The lowest BCUT2D eigenvalue weighted by Gasteiger charge is -2.32. The van der Waals surface area contributed by atoms with Crippen LogP contribution in [-0.2, 0) is 0 Å². The van der Waals surface area contributed by atoms with Gasteiger partial charge in [0.1, 0.15) is 0 Å². The van der Waals surface area contributed by atoms with E-state index in [9.17, 15) is 5.11 Å². The van der Waals surface area contributed by atoms with Gasteiger partial charge in [0.25, 0.3) is 0 Å². The molecule has 1 radical (unpaired) electrons. The van der Waals surface area contributed by atoms with Gasteiger partial charge in [-0.15, -0.1) is 0 Å². The quantitative estimate of drug-likeness (QED) is 0.568. The van der Waals surface area contributed by atoms with Crippen LogP contribution in [0.3, 0.4) is 0 Å². The Morgan fingerprint density at radius 1 is 1.40 bits per heavy atom. The molecule has 10 heavy (non-hydrogen) atoms. The summed E-state index contributed by atoms with van der Waals surface area (Å²) in [4.78, 5) is 0. The molecule has 0 amide bonds. The van der Waals surface area contributed by atoms with Gasteiger partial charge in [0.05, 0.1) is 12.2 Å². The second kappa shape index (κ2) is 2.89. The molecule has 0 aromatic carbocycles. The van der Waals surface area contributed by atoms with Crippen molar-refractivity contribution in [3.8, 4) is 0 Å². The molecule has 2 nitrogen and oxygen atoms in total. The molecular weight excluding hydrogens is 128 g/mol. The Hall–Kier alpha value is -0.0800. The summed E-state index contributed by atoms with van der Waals surface area (Å²) >= 11 is 0. The van der Waals surface area contributed by atoms with Crippen LogP contribution in [0.4, 0.5) is 0 Å². The third-order valence-electron chi connectivity index (χ3n) is 2.33. The van der Waals surface area contributed by atoms with E-state index in [1.165, 1.54) is 0 Å². The molecule has 0 saturated heterocycles. The molecular formula is C8H15O2. The third kappa shape index (κ3) is 1.70. The summed E-state index contributed by atoms with van der Waals surface area (Å²) in [6, 6.07) is 0. The van der Waals surface area contributed by atoms with Crippen molar-refractivity contribution in [2.45, 2.75) is 31.3 Å². The second-order valence-electron chi connectivity index (χ2n) is 3.33. The highest BCUT2D eigenvalue weighted by Crippen LogP contribution is 2.30. The van der Waals surface area contributed by atoms with Gasteiger partial charge in [0, 0.05) is 0 Å². The maximum absolute atomic E-state index is 9.52. The number of aliphatic hydroxyl groups is 2. The molecule has 0 aliphatic heterocycles. The Balaban J connectivity index is 2.38. The molecule has 0 atom stereocenters. The van der Waals surface area contributed by atoms with Gasteiger partial charge in [0.2, 0.25) is 0 Å². The molecule has 1 saturated carbocycles. The lowest BCUT2D eigenvalue weighted by atomic mass is 9.80. The monoisotopic (exact) mass is 143 g/mol. The minimum atomic E-state index is -0.784. The van der Waals surface area contributed by atoms with E-state index in [4.69, 9.17) is 5.11 Å². The summed E-state index contributed by atoms with van der Waals surface area (Å²) in [7, 11) is 0. The van der Waals surface area contributed by atoms with Gasteiger partial charge in [0.15, 0.2) is 0 Å². The van der Waals surface area contributed by atoms with E-state index in [2.05, 4.69) is 6.92 Å². The smallest absolute Gasteiger partial charge is 0.0877 e. The van der Waals surface area contributed by atoms with Crippen molar-refractivity contribution in [1.82, 2.24) is 0 Å². The topological polar surface area (TPSA) is 40.5 Å². The fraction of sp³-hybridized carbons (Fsp3) is 0.875. The van der Waals surface area contributed by atoms with Gasteiger partial charge in [-0.3, -0.25) is 0 Å². The van der Waals surface area contributed by atoms with Gasteiger partial charge in [-0.2, -0.15) is 0 Å². The van der Waals surface area contributed by atoms with Crippen LogP contribution in [0.2, 0.25) is 0 Å². The molecule has 2 heteroatoms. The lowest BCUT2D eigenvalue weighted by molar-refractivity contribution is -0.0481. The predicted molar refractivity (Wildman–Crippen MR) is 39.4 cm³/mol. The molecule has 0 aromatic heterocycles. The zero-order chi connectivity index (χ0) is 7.61. The number of rotatable bonds is 1. The average Bonchev–Trinajstić information content (AvgIpc) is 1.96. The standard InChI is InChI=1S/C8H15O2/c1-7-2-4-8(10,6-9)5-3-7/h7,9-10H,1-6H2/t7-,8+. The normalized spacial score (nSPS) is 41.7. The first-order chi connectivity index (χ1) is 4.66. The number of aliphatic hydroxyl groups excluding tert-OH is 1. The summed E-state index contributed by atoms with van der Waals surface area (Å²) in [6.07, 6.45) is 3.30. The van der Waals surface area contributed by atoms with Gasteiger partial charge in [-0.1, -0.05) is 6.92 Å². The molecule has 0 aromatic rings. The van der Waals surface area contributed by atoms with Crippen molar-refractivity contribution in [3.05, 3.63) is 6.92 Å². The molecule has 0 unspecified atom stereocenters. The number of hydrogen-bond acceptors (Lipinski definition) is 2. The van der Waals surface area contributed by atoms with Gasteiger partial charge in [-0.25, -0.2) is 0 Å². The maximum atomic E-state index is 9.52. The van der Waals surface area contributed by atoms with Gasteiger partial charge in [-0.05, 0) is 31.6 Å². The fourth-order valence-electron chi connectivity index (χ4n) is 1.37. The number of hydrogen-bond donors (Lipinski definition) is 2. The summed E-state index contributed by atoms with van der Waals surface area (Å²) in [6.45, 7) is 3.81. The van der Waals surface area contributed by atoms with Crippen molar-refractivity contribution >= 4 is 0 Å². The second-order valence-corrected chi connectivity index (χ2v) is 3.33. The van der Waals surface area contributed by atoms with Crippen LogP contribution in [0.5, 0.6) is 0 Å². The van der Waals surface area contributed by atoms with Crippen LogP contribution in [0.25, 0.3) is 0 Å². The first kappa shape index (κ1) is 8.02.